The molecular weight excluding hydrogens is 307 g/mol. The SMILES string of the molecule is O=C(O)Cc1ccnc(Cl)c1-c1ccccc1C(F)(F)F. The van der Waals surface area contributed by atoms with Crippen LogP contribution in [0.25, 0.3) is 11.1 Å². The highest BCUT2D eigenvalue weighted by Gasteiger charge is 2.34. The van der Waals surface area contributed by atoms with Crippen LogP contribution in [-0.2, 0) is 17.4 Å². The summed E-state index contributed by atoms with van der Waals surface area (Å²) >= 11 is 5.90. The Morgan fingerprint density at radius 2 is 1.90 bits per heavy atom. The maximum atomic E-state index is 13.1. The van der Waals surface area contributed by atoms with Gasteiger partial charge in [0.05, 0.1) is 12.0 Å². The van der Waals surface area contributed by atoms with Gasteiger partial charge in [0.1, 0.15) is 5.15 Å². The first-order chi connectivity index (χ1) is 9.80. The lowest BCUT2D eigenvalue weighted by Gasteiger charge is -2.15. The van der Waals surface area contributed by atoms with E-state index in [9.17, 15) is 18.0 Å². The van der Waals surface area contributed by atoms with E-state index in [2.05, 4.69) is 4.98 Å². The van der Waals surface area contributed by atoms with E-state index in [1.165, 1.54) is 30.5 Å². The molecule has 0 aliphatic rings. The molecular formula is C14H9ClF3NO2. The van der Waals surface area contributed by atoms with Crippen LogP contribution in [0.1, 0.15) is 11.1 Å². The third kappa shape index (κ3) is 3.33. The van der Waals surface area contributed by atoms with Crippen molar-refractivity contribution in [2.45, 2.75) is 12.6 Å². The molecule has 2 aromatic rings. The Labute approximate surface area is 123 Å². The number of carboxylic acids is 1. The van der Waals surface area contributed by atoms with E-state index in [1.54, 1.807) is 0 Å². The lowest BCUT2D eigenvalue weighted by molar-refractivity contribution is -0.137. The number of aliphatic carboxylic acids is 1. The second kappa shape index (κ2) is 5.73. The van der Waals surface area contributed by atoms with Gasteiger partial charge in [-0.1, -0.05) is 29.8 Å². The summed E-state index contributed by atoms with van der Waals surface area (Å²) in [6, 6.07) is 6.20. The summed E-state index contributed by atoms with van der Waals surface area (Å²) in [5, 5.41) is 8.71. The number of carbonyl (C=O) groups is 1. The highest BCUT2D eigenvalue weighted by Crippen LogP contribution is 2.40. The molecule has 0 fully saturated rings. The number of aromatic nitrogens is 1. The predicted octanol–water partition coefficient (Wildman–Crippen LogP) is 4.05. The minimum absolute atomic E-state index is 0.00510. The average molecular weight is 316 g/mol. The van der Waals surface area contributed by atoms with Gasteiger partial charge in [0, 0.05) is 11.8 Å². The van der Waals surface area contributed by atoms with Crippen molar-refractivity contribution in [3.05, 3.63) is 52.8 Å². The maximum absolute atomic E-state index is 13.1. The number of alkyl halides is 3. The molecule has 0 bridgehead atoms. The van der Waals surface area contributed by atoms with Crippen LogP contribution in [0.2, 0.25) is 5.15 Å². The van der Waals surface area contributed by atoms with Crippen molar-refractivity contribution in [2.75, 3.05) is 0 Å². The zero-order valence-corrected chi connectivity index (χ0v) is 11.2. The lowest BCUT2D eigenvalue weighted by Crippen LogP contribution is -2.09. The van der Waals surface area contributed by atoms with Crippen LogP contribution in [0.5, 0.6) is 0 Å². The monoisotopic (exact) mass is 315 g/mol. The summed E-state index contributed by atoms with van der Waals surface area (Å²) in [4.78, 5) is 14.6. The molecule has 0 spiro atoms. The summed E-state index contributed by atoms with van der Waals surface area (Å²) in [6.45, 7) is 0. The highest BCUT2D eigenvalue weighted by atomic mass is 35.5. The van der Waals surface area contributed by atoms with Gasteiger partial charge in [-0.25, -0.2) is 4.98 Å². The normalized spacial score (nSPS) is 11.4. The first-order valence-electron chi connectivity index (χ1n) is 5.82. The number of carboxylic acid groups (broad SMARTS) is 1. The largest absolute Gasteiger partial charge is 0.481 e. The van der Waals surface area contributed by atoms with Crippen molar-refractivity contribution < 1.29 is 23.1 Å². The van der Waals surface area contributed by atoms with E-state index in [4.69, 9.17) is 16.7 Å². The van der Waals surface area contributed by atoms with Crippen LogP contribution in [0.15, 0.2) is 36.5 Å². The molecule has 1 aromatic carbocycles. The van der Waals surface area contributed by atoms with Gasteiger partial charge in [-0.15, -0.1) is 0 Å². The van der Waals surface area contributed by atoms with Gasteiger partial charge < -0.3 is 5.11 Å². The molecule has 2 rings (SSSR count). The molecule has 0 saturated heterocycles. The third-order valence-electron chi connectivity index (χ3n) is 2.83. The topological polar surface area (TPSA) is 50.2 Å². The van der Waals surface area contributed by atoms with Gasteiger partial charge in [0.2, 0.25) is 0 Å². The predicted molar refractivity (Wildman–Crippen MR) is 71.0 cm³/mol. The second-order valence-electron chi connectivity index (χ2n) is 4.25. The lowest BCUT2D eigenvalue weighted by atomic mass is 9.95. The summed E-state index contributed by atoms with van der Waals surface area (Å²) in [5.41, 5.74) is -0.889. The molecule has 0 unspecified atom stereocenters. The fraction of sp³-hybridized carbons (Fsp3) is 0.143. The molecule has 1 N–H and O–H groups in total. The van der Waals surface area contributed by atoms with Crippen LogP contribution in [0, 0.1) is 0 Å². The Bertz CT molecular complexity index is 686. The summed E-state index contributed by atoms with van der Waals surface area (Å²) < 4.78 is 39.2. The zero-order chi connectivity index (χ0) is 15.6. The van der Waals surface area contributed by atoms with Gasteiger partial charge >= 0.3 is 12.1 Å². The first kappa shape index (κ1) is 15.3. The minimum atomic E-state index is -4.57. The van der Waals surface area contributed by atoms with Gasteiger partial charge in [0.25, 0.3) is 0 Å². The Hall–Kier alpha value is -2.08. The van der Waals surface area contributed by atoms with Crippen molar-refractivity contribution in [3.8, 4) is 11.1 Å². The molecule has 7 heteroatoms. The summed E-state index contributed by atoms with van der Waals surface area (Å²) in [5.74, 6) is -1.16. The molecule has 0 amide bonds. The number of hydrogen-bond acceptors (Lipinski definition) is 2. The first-order valence-corrected chi connectivity index (χ1v) is 6.20. The zero-order valence-electron chi connectivity index (χ0n) is 10.5. The third-order valence-corrected chi connectivity index (χ3v) is 3.12. The molecule has 110 valence electrons. The Morgan fingerprint density at radius 3 is 2.52 bits per heavy atom. The molecule has 21 heavy (non-hydrogen) atoms. The van der Waals surface area contributed by atoms with Crippen molar-refractivity contribution in [3.63, 3.8) is 0 Å². The molecule has 0 aliphatic carbocycles. The fourth-order valence-corrected chi connectivity index (χ4v) is 2.30. The molecule has 1 aromatic heterocycles. The number of halogens is 4. The molecule has 0 radical (unpaired) electrons. The molecule has 0 atom stereocenters. The molecule has 0 aliphatic heterocycles. The van der Waals surface area contributed by atoms with Crippen molar-refractivity contribution in [2.24, 2.45) is 0 Å². The van der Waals surface area contributed by atoms with Crippen molar-refractivity contribution in [1.82, 2.24) is 4.98 Å². The Kier molecular flexibility index (Phi) is 4.18. The standard InChI is InChI=1S/C14H9ClF3NO2/c15-13-12(8(5-6-19-13)7-11(20)21)9-3-1-2-4-10(9)14(16,17)18/h1-6H,7H2,(H,20,21). The van der Waals surface area contributed by atoms with E-state index in [1.807, 2.05) is 0 Å². The minimum Gasteiger partial charge on any atom is -0.481 e. The van der Waals surface area contributed by atoms with E-state index >= 15 is 0 Å². The summed E-state index contributed by atoms with van der Waals surface area (Å²) in [7, 11) is 0. The van der Waals surface area contributed by atoms with Crippen LogP contribution in [-0.4, -0.2) is 16.1 Å². The van der Waals surface area contributed by atoms with Crippen LogP contribution < -0.4 is 0 Å². The Balaban J connectivity index is 2.70. The summed E-state index contributed by atoms with van der Waals surface area (Å²) in [6.07, 6.45) is -3.75. The fourth-order valence-electron chi connectivity index (χ4n) is 2.02. The number of nitrogens with zero attached hydrogens (tertiary/aromatic N) is 1. The smallest absolute Gasteiger partial charge is 0.417 e. The quantitative estimate of drug-likeness (QED) is 0.869. The van der Waals surface area contributed by atoms with E-state index in [0.29, 0.717) is 0 Å². The van der Waals surface area contributed by atoms with Gasteiger partial charge in [-0.3, -0.25) is 4.79 Å². The number of benzene rings is 1. The molecule has 1 heterocycles. The van der Waals surface area contributed by atoms with Crippen LogP contribution in [0.4, 0.5) is 13.2 Å². The van der Waals surface area contributed by atoms with Gasteiger partial charge in [-0.05, 0) is 23.3 Å². The van der Waals surface area contributed by atoms with E-state index in [0.717, 1.165) is 6.07 Å². The molecule has 0 saturated carbocycles. The van der Waals surface area contributed by atoms with E-state index < -0.39 is 24.1 Å². The van der Waals surface area contributed by atoms with Gasteiger partial charge in [0.15, 0.2) is 0 Å². The van der Waals surface area contributed by atoms with Crippen molar-refractivity contribution in [1.29, 1.82) is 0 Å². The van der Waals surface area contributed by atoms with Crippen LogP contribution >= 0.6 is 11.6 Å². The van der Waals surface area contributed by atoms with Gasteiger partial charge in [-0.2, -0.15) is 13.2 Å². The average Bonchev–Trinajstić information content (AvgIpc) is 2.37. The number of rotatable bonds is 3. The number of hydrogen-bond donors (Lipinski definition) is 1. The van der Waals surface area contributed by atoms with Crippen LogP contribution in [0.3, 0.4) is 0 Å². The van der Waals surface area contributed by atoms with E-state index in [-0.39, 0.29) is 21.8 Å². The second-order valence-corrected chi connectivity index (χ2v) is 4.61. The number of pyridine rings is 1. The van der Waals surface area contributed by atoms with Crippen molar-refractivity contribution >= 4 is 17.6 Å². The molecule has 3 nitrogen and oxygen atoms in total. The maximum Gasteiger partial charge on any atom is 0.417 e. The Morgan fingerprint density at radius 1 is 1.24 bits per heavy atom. The highest BCUT2D eigenvalue weighted by molar-refractivity contribution is 6.32.